The fraction of sp³-hybridized carbons (Fsp3) is 0.500. The Bertz CT molecular complexity index is 1090. The Morgan fingerprint density at radius 1 is 1.17 bits per heavy atom. The lowest BCUT2D eigenvalue weighted by Gasteiger charge is -2.30. The van der Waals surface area contributed by atoms with Crippen LogP contribution in [0.4, 0.5) is 13.2 Å². The van der Waals surface area contributed by atoms with Crippen LogP contribution in [0.5, 0.6) is 0 Å². The van der Waals surface area contributed by atoms with Gasteiger partial charge in [-0.3, -0.25) is 14.4 Å². The number of rotatable bonds is 8. The number of Topliss-reactive ketones (excluding diaryl/α,β-unsaturated/α-hetero) is 1. The Kier molecular flexibility index (Phi) is 8.31. The molecule has 1 N–H and O–H groups in total. The van der Waals surface area contributed by atoms with Crippen LogP contribution in [0.25, 0.3) is 5.69 Å². The molecular weight excluding hydrogens is 465 g/mol. The average molecular weight is 495 g/mol. The minimum absolute atomic E-state index is 0.0745. The third kappa shape index (κ3) is 6.08. The van der Waals surface area contributed by atoms with Gasteiger partial charge in [-0.2, -0.15) is 18.3 Å². The predicted octanol–water partition coefficient (Wildman–Crippen LogP) is 3.08. The van der Waals surface area contributed by atoms with Crippen molar-refractivity contribution in [3.63, 3.8) is 0 Å². The van der Waals surface area contributed by atoms with Gasteiger partial charge < -0.3 is 15.0 Å². The molecule has 1 fully saturated rings. The van der Waals surface area contributed by atoms with Crippen LogP contribution in [0.3, 0.4) is 0 Å². The van der Waals surface area contributed by atoms with Crippen molar-refractivity contribution in [3.05, 3.63) is 46.8 Å². The Morgan fingerprint density at radius 2 is 1.86 bits per heavy atom. The molecule has 1 aromatic carbocycles. The Labute approximate surface area is 201 Å². The van der Waals surface area contributed by atoms with Gasteiger partial charge in [0, 0.05) is 39.3 Å². The molecule has 2 amide bonds. The summed E-state index contributed by atoms with van der Waals surface area (Å²) in [6, 6.07) is 4.61. The molecule has 3 rings (SSSR count). The van der Waals surface area contributed by atoms with Gasteiger partial charge in [0.15, 0.2) is 0 Å². The van der Waals surface area contributed by atoms with Crippen LogP contribution >= 0.6 is 0 Å². The zero-order chi connectivity index (χ0) is 25.8. The molecule has 1 aliphatic rings. The molecule has 0 spiro atoms. The number of piperidine rings is 1. The first-order chi connectivity index (χ1) is 16.5. The van der Waals surface area contributed by atoms with Gasteiger partial charge >= 0.3 is 6.18 Å². The van der Waals surface area contributed by atoms with E-state index in [1.165, 1.54) is 28.6 Å². The number of ketones is 1. The van der Waals surface area contributed by atoms with E-state index in [9.17, 15) is 27.6 Å². The SMILES string of the molecule is COCCCNC(=O)C1CCN(C(=O)C(=O)c2c(C)nn(-c3cccc(C(F)(F)F)c3)c2C)CC1. The first-order valence-corrected chi connectivity index (χ1v) is 11.4. The molecular formula is C24H29F3N4O4. The van der Waals surface area contributed by atoms with Crippen molar-refractivity contribution < 1.29 is 32.3 Å². The molecule has 11 heteroatoms. The van der Waals surface area contributed by atoms with E-state index in [1.807, 2.05) is 0 Å². The van der Waals surface area contributed by atoms with Crippen LogP contribution < -0.4 is 5.32 Å². The van der Waals surface area contributed by atoms with E-state index in [2.05, 4.69) is 10.4 Å². The number of likely N-dealkylation sites (tertiary alicyclic amines) is 1. The number of hydrogen-bond acceptors (Lipinski definition) is 5. The Hall–Kier alpha value is -3.21. The Morgan fingerprint density at radius 3 is 2.49 bits per heavy atom. The molecule has 0 radical (unpaired) electrons. The maximum atomic E-state index is 13.1. The molecule has 0 aliphatic carbocycles. The molecule has 0 saturated carbocycles. The summed E-state index contributed by atoms with van der Waals surface area (Å²) in [7, 11) is 1.59. The van der Waals surface area contributed by atoms with Crippen LogP contribution in [-0.4, -0.2) is 65.6 Å². The van der Waals surface area contributed by atoms with Crippen molar-refractivity contribution in [1.29, 1.82) is 0 Å². The summed E-state index contributed by atoms with van der Waals surface area (Å²) in [6.45, 7) is 4.68. The summed E-state index contributed by atoms with van der Waals surface area (Å²) in [5, 5.41) is 7.08. The number of halogens is 3. The largest absolute Gasteiger partial charge is 0.416 e. The summed E-state index contributed by atoms with van der Waals surface area (Å²) in [5.41, 5.74) is -0.0825. The van der Waals surface area contributed by atoms with Gasteiger partial charge in [0.05, 0.1) is 28.2 Å². The number of carbonyl (C=O) groups excluding carboxylic acids is 3. The molecule has 8 nitrogen and oxygen atoms in total. The number of benzene rings is 1. The van der Waals surface area contributed by atoms with E-state index in [0.717, 1.165) is 12.1 Å². The molecule has 1 saturated heterocycles. The molecule has 1 aliphatic heterocycles. The van der Waals surface area contributed by atoms with Crippen LogP contribution in [0.2, 0.25) is 0 Å². The third-order valence-corrected chi connectivity index (χ3v) is 6.11. The maximum absolute atomic E-state index is 13.1. The number of methoxy groups -OCH3 is 1. The predicted molar refractivity (Wildman–Crippen MR) is 121 cm³/mol. The highest BCUT2D eigenvalue weighted by Crippen LogP contribution is 2.31. The summed E-state index contributed by atoms with van der Waals surface area (Å²) in [4.78, 5) is 39.7. The molecule has 1 aromatic heterocycles. The van der Waals surface area contributed by atoms with Crippen molar-refractivity contribution in [2.24, 2.45) is 5.92 Å². The van der Waals surface area contributed by atoms with Crippen molar-refractivity contribution in [3.8, 4) is 5.69 Å². The van der Waals surface area contributed by atoms with E-state index >= 15 is 0 Å². The zero-order valence-electron chi connectivity index (χ0n) is 19.9. The van der Waals surface area contributed by atoms with Crippen LogP contribution in [0.1, 0.15) is 46.6 Å². The average Bonchev–Trinajstić information content (AvgIpc) is 3.14. The smallest absolute Gasteiger partial charge is 0.385 e. The lowest BCUT2D eigenvalue weighted by molar-refractivity contribution is -0.137. The molecule has 2 heterocycles. The number of aromatic nitrogens is 2. The summed E-state index contributed by atoms with van der Waals surface area (Å²) < 4.78 is 45.5. The summed E-state index contributed by atoms with van der Waals surface area (Å²) in [5.74, 6) is -1.78. The van der Waals surface area contributed by atoms with E-state index in [-0.39, 0.29) is 47.6 Å². The molecule has 0 unspecified atom stereocenters. The van der Waals surface area contributed by atoms with Gasteiger partial charge in [-0.15, -0.1) is 0 Å². The first kappa shape index (κ1) is 26.4. The topological polar surface area (TPSA) is 93.5 Å². The number of carbonyl (C=O) groups is 3. The second-order valence-corrected chi connectivity index (χ2v) is 8.54. The van der Waals surface area contributed by atoms with Crippen LogP contribution in [0.15, 0.2) is 24.3 Å². The van der Waals surface area contributed by atoms with Gasteiger partial charge in [-0.05, 0) is 51.3 Å². The van der Waals surface area contributed by atoms with Crippen molar-refractivity contribution in [2.75, 3.05) is 33.4 Å². The van der Waals surface area contributed by atoms with Crippen molar-refractivity contribution in [1.82, 2.24) is 20.0 Å². The number of aryl methyl sites for hydroxylation is 1. The highest BCUT2D eigenvalue weighted by molar-refractivity contribution is 6.43. The van der Waals surface area contributed by atoms with Gasteiger partial charge in [0.2, 0.25) is 5.91 Å². The molecule has 0 bridgehead atoms. The number of hydrogen-bond donors (Lipinski definition) is 1. The monoisotopic (exact) mass is 494 g/mol. The number of nitrogens with zero attached hydrogens (tertiary/aromatic N) is 3. The van der Waals surface area contributed by atoms with E-state index in [0.29, 0.717) is 32.4 Å². The Balaban J connectivity index is 1.68. The number of ether oxygens (including phenoxy) is 1. The molecule has 190 valence electrons. The minimum Gasteiger partial charge on any atom is -0.385 e. The fourth-order valence-corrected chi connectivity index (χ4v) is 4.20. The van der Waals surface area contributed by atoms with Crippen LogP contribution in [-0.2, 0) is 20.5 Å². The first-order valence-electron chi connectivity index (χ1n) is 11.4. The normalized spacial score (nSPS) is 14.7. The van der Waals surface area contributed by atoms with E-state index in [1.54, 1.807) is 14.0 Å². The van der Waals surface area contributed by atoms with E-state index < -0.39 is 23.4 Å². The molecule has 0 atom stereocenters. The standard InChI is InChI=1S/C24H29F3N4O4/c1-15-20(16(2)31(29-15)19-7-4-6-18(14-19)24(25,26)27)21(32)23(34)30-11-8-17(9-12-30)22(33)28-10-5-13-35-3/h4,6-7,14,17H,5,8-13H2,1-3H3,(H,28,33). The van der Waals surface area contributed by atoms with Gasteiger partial charge in [-0.1, -0.05) is 6.07 Å². The van der Waals surface area contributed by atoms with Gasteiger partial charge in [0.1, 0.15) is 0 Å². The van der Waals surface area contributed by atoms with Crippen molar-refractivity contribution in [2.45, 2.75) is 39.3 Å². The van der Waals surface area contributed by atoms with Crippen LogP contribution in [0, 0.1) is 19.8 Å². The highest BCUT2D eigenvalue weighted by Gasteiger charge is 2.34. The fourth-order valence-electron chi connectivity index (χ4n) is 4.20. The minimum atomic E-state index is -4.52. The van der Waals surface area contributed by atoms with E-state index in [4.69, 9.17) is 4.74 Å². The third-order valence-electron chi connectivity index (χ3n) is 6.11. The maximum Gasteiger partial charge on any atom is 0.416 e. The lowest BCUT2D eigenvalue weighted by Crippen LogP contribution is -2.45. The lowest BCUT2D eigenvalue weighted by atomic mass is 9.95. The summed E-state index contributed by atoms with van der Waals surface area (Å²) >= 11 is 0. The second-order valence-electron chi connectivity index (χ2n) is 8.54. The van der Waals surface area contributed by atoms with Gasteiger partial charge in [0.25, 0.3) is 11.7 Å². The molecule has 2 aromatic rings. The molecule has 35 heavy (non-hydrogen) atoms. The number of amides is 2. The summed E-state index contributed by atoms with van der Waals surface area (Å²) in [6.07, 6.45) is -2.93. The highest BCUT2D eigenvalue weighted by atomic mass is 19.4. The number of nitrogens with one attached hydrogen (secondary N) is 1. The van der Waals surface area contributed by atoms with Gasteiger partial charge in [-0.25, -0.2) is 4.68 Å². The zero-order valence-corrected chi connectivity index (χ0v) is 19.9. The number of alkyl halides is 3. The van der Waals surface area contributed by atoms with Crippen molar-refractivity contribution >= 4 is 17.6 Å². The second kappa shape index (κ2) is 11.0. The quantitative estimate of drug-likeness (QED) is 0.346.